The van der Waals surface area contributed by atoms with Crippen LogP contribution in [0.25, 0.3) is 0 Å². The Morgan fingerprint density at radius 1 is 1.35 bits per heavy atom. The highest BCUT2D eigenvalue weighted by atomic mass is 32.2. The third-order valence-electron chi connectivity index (χ3n) is 4.51. The van der Waals surface area contributed by atoms with Crippen molar-refractivity contribution in [2.24, 2.45) is 11.8 Å². The molecule has 0 aromatic heterocycles. The molecule has 4 atom stereocenters. The predicted octanol–water partition coefficient (Wildman–Crippen LogP) is 1.78. The minimum absolute atomic E-state index is 0.0305. The lowest BCUT2D eigenvalue weighted by atomic mass is 9.58. The normalized spacial score (nSPS) is 39.5. The molecular formula is C14H20O4S2. The second-order valence-electron chi connectivity index (χ2n) is 5.07. The van der Waals surface area contributed by atoms with Gasteiger partial charge in [-0.05, 0) is 25.0 Å². The Labute approximate surface area is 128 Å². The molecule has 112 valence electrons. The lowest BCUT2D eigenvalue weighted by molar-refractivity contribution is -0.183. The van der Waals surface area contributed by atoms with Gasteiger partial charge in [-0.1, -0.05) is 6.08 Å². The zero-order valence-electron chi connectivity index (χ0n) is 12.1. The summed E-state index contributed by atoms with van der Waals surface area (Å²) in [6.07, 6.45) is 9.09. The van der Waals surface area contributed by atoms with Gasteiger partial charge in [-0.3, -0.25) is 4.79 Å². The average molecular weight is 316 g/mol. The van der Waals surface area contributed by atoms with Crippen molar-refractivity contribution in [1.82, 2.24) is 0 Å². The van der Waals surface area contributed by atoms with E-state index in [-0.39, 0.29) is 16.3 Å². The zero-order valence-corrected chi connectivity index (χ0v) is 13.8. The van der Waals surface area contributed by atoms with Gasteiger partial charge in [-0.25, -0.2) is 0 Å². The molecule has 3 aliphatic carbocycles. The molecule has 0 amide bonds. The molecule has 0 unspecified atom stereocenters. The summed E-state index contributed by atoms with van der Waals surface area (Å²) < 4.78 is 11.2. The Hall–Kier alpha value is -0.300. The lowest BCUT2D eigenvalue weighted by Gasteiger charge is -2.55. The fourth-order valence-electron chi connectivity index (χ4n) is 3.48. The van der Waals surface area contributed by atoms with E-state index >= 15 is 0 Å². The number of fused-ring (bicyclic) bond motifs is 2. The van der Waals surface area contributed by atoms with E-state index in [1.165, 1.54) is 7.11 Å². The first-order chi connectivity index (χ1) is 9.57. The maximum Gasteiger partial charge on any atom is 0.203 e. The molecule has 1 saturated carbocycles. The van der Waals surface area contributed by atoms with E-state index in [4.69, 9.17) is 9.47 Å². The molecule has 3 rings (SSSR count). The number of rotatable bonds is 6. The number of carbonyl (C=O) groups excluding carboxylic acids is 2. The van der Waals surface area contributed by atoms with Crippen molar-refractivity contribution in [3.05, 3.63) is 12.2 Å². The SMILES string of the molecule is CO[C@]12C=C[C@H](C[C@@H]1C=O)[C@@](OC)(C(SC)SC)C2=O. The van der Waals surface area contributed by atoms with Crippen molar-refractivity contribution >= 4 is 35.6 Å². The van der Waals surface area contributed by atoms with Crippen LogP contribution in [0.2, 0.25) is 0 Å². The van der Waals surface area contributed by atoms with Crippen LogP contribution in [-0.4, -0.2) is 54.6 Å². The molecule has 0 aliphatic heterocycles. The number of aldehydes is 1. The summed E-state index contributed by atoms with van der Waals surface area (Å²) >= 11 is 3.20. The number of methoxy groups -OCH3 is 2. The molecule has 1 fully saturated rings. The number of hydrogen-bond donors (Lipinski definition) is 0. The molecule has 0 aromatic carbocycles. The molecule has 3 aliphatic rings. The maximum atomic E-state index is 13.1. The van der Waals surface area contributed by atoms with Crippen molar-refractivity contribution in [3.8, 4) is 0 Å². The second kappa shape index (κ2) is 5.83. The van der Waals surface area contributed by atoms with Gasteiger partial charge in [0.1, 0.15) is 6.29 Å². The highest BCUT2D eigenvalue weighted by Gasteiger charge is 2.66. The first kappa shape index (κ1) is 16.1. The van der Waals surface area contributed by atoms with E-state index in [2.05, 4.69) is 0 Å². The van der Waals surface area contributed by atoms with Gasteiger partial charge in [0.15, 0.2) is 11.2 Å². The smallest absolute Gasteiger partial charge is 0.203 e. The first-order valence-electron chi connectivity index (χ1n) is 6.42. The predicted molar refractivity (Wildman–Crippen MR) is 82.1 cm³/mol. The monoisotopic (exact) mass is 316 g/mol. The van der Waals surface area contributed by atoms with Crippen LogP contribution in [-0.2, 0) is 19.1 Å². The molecule has 20 heavy (non-hydrogen) atoms. The van der Waals surface area contributed by atoms with Crippen molar-refractivity contribution in [3.63, 3.8) is 0 Å². The molecule has 6 heteroatoms. The molecule has 0 aromatic rings. The van der Waals surface area contributed by atoms with E-state index in [0.717, 1.165) is 6.29 Å². The number of thioether (sulfide) groups is 2. The topological polar surface area (TPSA) is 52.6 Å². The van der Waals surface area contributed by atoms with Crippen LogP contribution in [0.5, 0.6) is 0 Å². The van der Waals surface area contributed by atoms with E-state index in [0.29, 0.717) is 6.42 Å². The maximum absolute atomic E-state index is 13.1. The largest absolute Gasteiger partial charge is 0.368 e. The van der Waals surface area contributed by atoms with Crippen LogP contribution in [0.15, 0.2) is 12.2 Å². The summed E-state index contributed by atoms with van der Waals surface area (Å²) in [5.74, 6) is -0.640. The van der Waals surface area contributed by atoms with Crippen LogP contribution < -0.4 is 0 Å². The minimum Gasteiger partial charge on any atom is -0.368 e. The third-order valence-corrected chi connectivity index (χ3v) is 7.22. The van der Waals surface area contributed by atoms with Gasteiger partial charge in [0.05, 0.1) is 10.5 Å². The Kier molecular flexibility index (Phi) is 4.69. The summed E-state index contributed by atoms with van der Waals surface area (Å²) in [6.45, 7) is 0. The molecule has 0 N–H and O–H groups in total. The van der Waals surface area contributed by atoms with Gasteiger partial charge in [-0.15, -0.1) is 23.5 Å². The van der Waals surface area contributed by atoms with Gasteiger partial charge < -0.3 is 14.3 Å². The fraction of sp³-hybridized carbons (Fsp3) is 0.714. The number of Topliss-reactive ketones (excluding diaryl/α,β-unsaturated/α-hetero) is 1. The van der Waals surface area contributed by atoms with E-state index < -0.39 is 17.1 Å². The summed E-state index contributed by atoms with van der Waals surface area (Å²) in [5, 5.41) is 0. The van der Waals surface area contributed by atoms with Crippen molar-refractivity contribution in [2.75, 3.05) is 26.7 Å². The minimum atomic E-state index is -1.17. The van der Waals surface area contributed by atoms with Crippen LogP contribution in [0.1, 0.15) is 6.42 Å². The van der Waals surface area contributed by atoms with Gasteiger partial charge in [0, 0.05) is 20.1 Å². The highest BCUT2D eigenvalue weighted by Crippen LogP contribution is 2.53. The Morgan fingerprint density at radius 2 is 2.00 bits per heavy atom. The first-order valence-corrected chi connectivity index (χ1v) is 9.00. The van der Waals surface area contributed by atoms with Crippen molar-refractivity contribution < 1.29 is 19.1 Å². The van der Waals surface area contributed by atoms with Crippen LogP contribution in [0.4, 0.5) is 0 Å². The summed E-state index contributed by atoms with van der Waals surface area (Å²) in [6, 6.07) is 0. The zero-order chi connectivity index (χ0) is 15.0. The fourth-order valence-corrected chi connectivity index (χ4v) is 5.71. The Bertz CT molecular complexity index is 435. The van der Waals surface area contributed by atoms with Gasteiger partial charge in [0.2, 0.25) is 5.78 Å². The van der Waals surface area contributed by atoms with Crippen LogP contribution in [0.3, 0.4) is 0 Å². The molecule has 0 spiro atoms. The summed E-state index contributed by atoms with van der Waals surface area (Å²) in [5.41, 5.74) is -2.10. The average Bonchev–Trinajstić information content (AvgIpc) is 2.50. The van der Waals surface area contributed by atoms with Crippen LogP contribution >= 0.6 is 23.5 Å². The van der Waals surface area contributed by atoms with E-state index in [9.17, 15) is 9.59 Å². The van der Waals surface area contributed by atoms with Crippen molar-refractivity contribution in [2.45, 2.75) is 22.2 Å². The van der Waals surface area contributed by atoms with E-state index in [1.807, 2.05) is 18.6 Å². The standard InChI is InChI=1S/C14H20O4S2/c1-17-13-6-5-9(7-10(13)8-15)14(18-2,11(13)16)12(19-3)20-4/h5-6,8-10,12H,7H2,1-4H3/t9-,10-,13-,14+/m1/s1. The summed E-state index contributed by atoms with van der Waals surface area (Å²) in [7, 11) is 3.06. The van der Waals surface area contributed by atoms with Crippen molar-refractivity contribution in [1.29, 1.82) is 0 Å². The number of carbonyl (C=O) groups is 2. The van der Waals surface area contributed by atoms with Crippen LogP contribution in [0, 0.1) is 11.8 Å². The van der Waals surface area contributed by atoms with Gasteiger partial charge in [0.25, 0.3) is 0 Å². The van der Waals surface area contributed by atoms with E-state index in [1.54, 1.807) is 36.7 Å². The Morgan fingerprint density at radius 3 is 2.45 bits per heavy atom. The second-order valence-corrected chi connectivity index (χ2v) is 7.25. The highest BCUT2D eigenvalue weighted by molar-refractivity contribution is 8.16. The molecule has 2 bridgehead atoms. The molecular weight excluding hydrogens is 296 g/mol. The summed E-state index contributed by atoms with van der Waals surface area (Å²) in [4.78, 5) is 24.5. The molecule has 4 nitrogen and oxygen atoms in total. The lowest BCUT2D eigenvalue weighted by Crippen LogP contribution is -2.70. The molecule has 0 heterocycles. The Balaban J connectivity index is 2.57. The number of hydrogen-bond acceptors (Lipinski definition) is 6. The number of ketones is 1. The molecule has 0 radical (unpaired) electrons. The quantitative estimate of drug-likeness (QED) is 0.423. The van der Waals surface area contributed by atoms with Gasteiger partial charge in [-0.2, -0.15) is 0 Å². The number of ether oxygens (including phenoxy) is 2. The molecule has 0 saturated heterocycles. The van der Waals surface area contributed by atoms with Gasteiger partial charge >= 0.3 is 0 Å². The third kappa shape index (κ3) is 1.85.